The van der Waals surface area contributed by atoms with Crippen LogP contribution in [-0.4, -0.2) is 49.7 Å². The second kappa shape index (κ2) is 7.09. The molecule has 1 aliphatic rings. The maximum Gasteiger partial charge on any atom is 0.307 e. The Hall–Kier alpha value is -1.82. The van der Waals surface area contributed by atoms with E-state index in [-0.39, 0.29) is 24.4 Å². The van der Waals surface area contributed by atoms with Crippen LogP contribution in [0.25, 0.3) is 0 Å². The van der Waals surface area contributed by atoms with Crippen LogP contribution in [0.15, 0.2) is 23.0 Å². The fraction of sp³-hybridized carbons (Fsp3) is 0.571. The van der Waals surface area contributed by atoms with Crippen LogP contribution in [0.4, 0.5) is 0 Å². The van der Waals surface area contributed by atoms with Crippen molar-refractivity contribution in [1.82, 2.24) is 4.90 Å². The first-order valence-electron chi connectivity index (χ1n) is 6.70. The second-order valence-corrected chi connectivity index (χ2v) is 4.72. The van der Waals surface area contributed by atoms with Crippen molar-refractivity contribution in [2.75, 3.05) is 26.8 Å². The number of furan rings is 1. The Bertz CT molecular complexity index is 436. The molecule has 0 aromatic carbocycles. The number of ether oxygens (including phenoxy) is 2. The van der Waals surface area contributed by atoms with E-state index >= 15 is 0 Å². The van der Waals surface area contributed by atoms with Gasteiger partial charge in [0.15, 0.2) is 0 Å². The molecule has 0 spiro atoms. The molecule has 1 aromatic rings. The van der Waals surface area contributed by atoms with Crippen molar-refractivity contribution in [2.45, 2.75) is 25.4 Å². The van der Waals surface area contributed by atoms with Gasteiger partial charge < -0.3 is 18.8 Å². The molecular formula is C14H19NO5. The third kappa shape index (κ3) is 3.84. The van der Waals surface area contributed by atoms with Crippen LogP contribution in [0, 0.1) is 0 Å². The minimum Gasteiger partial charge on any atom is -0.472 e. The van der Waals surface area contributed by atoms with E-state index in [0.29, 0.717) is 18.7 Å². The van der Waals surface area contributed by atoms with E-state index in [2.05, 4.69) is 4.74 Å². The molecule has 1 atom stereocenters. The van der Waals surface area contributed by atoms with Crippen LogP contribution in [-0.2, 0) is 14.3 Å². The summed E-state index contributed by atoms with van der Waals surface area (Å²) in [7, 11) is 1.34. The molecule has 1 saturated heterocycles. The second-order valence-electron chi connectivity index (χ2n) is 4.72. The maximum atomic E-state index is 12.4. The number of carbonyl (C=O) groups excluding carboxylic acids is 2. The average Bonchev–Trinajstić information content (AvgIpc) is 3.14. The normalized spacial score (nSPS) is 17.9. The Morgan fingerprint density at radius 3 is 2.95 bits per heavy atom. The van der Waals surface area contributed by atoms with Gasteiger partial charge in [-0.15, -0.1) is 0 Å². The summed E-state index contributed by atoms with van der Waals surface area (Å²) in [6, 6.07) is 1.61. The summed E-state index contributed by atoms with van der Waals surface area (Å²) in [5.74, 6) is -0.486. The Kier molecular flexibility index (Phi) is 5.17. The van der Waals surface area contributed by atoms with Gasteiger partial charge in [-0.25, -0.2) is 0 Å². The topological polar surface area (TPSA) is 69.0 Å². The van der Waals surface area contributed by atoms with Crippen molar-refractivity contribution in [2.24, 2.45) is 0 Å². The highest BCUT2D eigenvalue weighted by Gasteiger charge is 2.24. The van der Waals surface area contributed by atoms with Gasteiger partial charge in [-0.05, 0) is 18.9 Å². The zero-order valence-corrected chi connectivity index (χ0v) is 11.5. The van der Waals surface area contributed by atoms with E-state index in [0.717, 1.165) is 19.4 Å². The van der Waals surface area contributed by atoms with Gasteiger partial charge in [0, 0.05) is 19.7 Å². The van der Waals surface area contributed by atoms with Gasteiger partial charge in [-0.3, -0.25) is 9.59 Å². The molecule has 110 valence electrons. The van der Waals surface area contributed by atoms with E-state index in [1.165, 1.54) is 19.6 Å². The Morgan fingerprint density at radius 2 is 2.35 bits per heavy atom. The fourth-order valence-corrected chi connectivity index (χ4v) is 2.21. The summed E-state index contributed by atoms with van der Waals surface area (Å²) in [4.78, 5) is 25.2. The molecular weight excluding hydrogens is 262 g/mol. The highest BCUT2D eigenvalue weighted by molar-refractivity contribution is 5.94. The highest BCUT2D eigenvalue weighted by Crippen LogP contribution is 2.15. The quantitative estimate of drug-likeness (QED) is 0.738. The molecule has 0 bridgehead atoms. The lowest BCUT2D eigenvalue weighted by molar-refractivity contribution is -0.140. The summed E-state index contributed by atoms with van der Waals surface area (Å²) >= 11 is 0. The van der Waals surface area contributed by atoms with Gasteiger partial charge >= 0.3 is 5.97 Å². The summed E-state index contributed by atoms with van der Waals surface area (Å²) < 4.78 is 15.1. The van der Waals surface area contributed by atoms with E-state index < -0.39 is 0 Å². The summed E-state index contributed by atoms with van der Waals surface area (Å²) in [6.07, 6.45) is 5.03. The number of esters is 1. The lowest BCUT2D eigenvalue weighted by Gasteiger charge is -2.24. The summed E-state index contributed by atoms with van der Waals surface area (Å²) in [5, 5.41) is 0. The van der Waals surface area contributed by atoms with Crippen LogP contribution in [0.5, 0.6) is 0 Å². The van der Waals surface area contributed by atoms with Gasteiger partial charge in [0.1, 0.15) is 6.26 Å². The zero-order chi connectivity index (χ0) is 14.4. The van der Waals surface area contributed by atoms with Crippen molar-refractivity contribution in [3.63, 3.8) is 0 Å². The van der Waals surface area contributed by atoms with E-state index in [1.54, 1.807) is 11.0 Å². The molecule has 6 nitrogen and oxygen atoms in total. The maximum absolute atomic E-state index is 12.4. The lowest BCUT2D eigenvalue weighted by atomic mass is 10.2. The van der Waals surface area contributed by atoms with E-state index in [1.807, 2.05) is 0 Å². The van der Waals surface area contributed by atoms with Crippen molar-refractivity contribution in [3.8, 4) is 0 Å². The molecule has 1 aliphatic heterocycles. The van der Waals surface area contributed by atoms with Crippen molar-refractivity contribution >= 4 is 11.9 Å². The van der Waals surface area contributed by atoms with Crippen molar-refractivity contribution < 1.29 is 23.5 Å². The van der Waals surface area contributed by atoms with Crippen LogP contribution in [0.2, 0.25) is 0 Å². The van der Waals surface area contributed by atoms with Crippen LogP contribution < -0.4 is 0 Å². The number of rotatable bonds is 6. The first kappa shape index (κ1) is 14.6. The van der Waals surface area contributed by atoms with Crippen LogP contribution in [0.1, 0.15) is 29.6 Å². The number of nitrogens with zero attached hydrogens (tertiary/aromatic N) is 1. The lowest BCUT2D eigenvalue weighted by Crippen LogP contribution is -2.38. The molecule has 1 unspecified atom stereocenters. The molecule has 0 aliphatic carbocycles. The average molecular weight is 281 g/mol. The summed E-state index contributed by atoms with van der Waals surface area (Å²) in [5.41, 5.74) is 0.480. The minimum atomic E-state index is -0.331. The molecule has 1 aromatic heterocycles. The molecule has 0 saturated carbocycles. The van der Waals surface area contributed by atoms with Crippen molar-refractivity contribution in [3.05, 3.63) is 24.2 Å². The number of amides is 1. The van der Waals surface area contributed by atoms with Gasteiger partial charge in [0.05, 0.1) is 31.5 Å². The highest BCUT2D eigenvalue weighted by atomic mass is 16.5. The Morgan fingerprint density at radius 1 is 1.50 bits per heavy atom. The smallest absolute Gasteiger partial charge is 0.307 e. The SMILES string of the molecule is COC(=O)CCN(CC1CCCO1)C(=O)c1ccoc1. The molecule has 0 N–H and O–H groups in total. The molecule has 20 heavy (non-hydrogen) atoms. The predicted molar refractivity (Wildman–Crippen MR) is 70.2 cm³/mol. The monoisotopic (exact) mass is 281 g/mol. The molecule has 1 fully saturated rings. The van der Waals surface area contributed by atoms with Crippen LogP contribution in [0.3, 0.4) is 0 Å². The Balaban J connectivity index is 1.98. The number of carbonyl (C=O) groups is 2. The minimum absolute atomic E-state index is 0.0449. The molecule has 1 amide bonds. The summed E-state index contributed by atoms with van der Waals surface area (Å²) in [6.45, 7) is 1.53. The number of hydrogen-bond acceptors (Lipinski definition) is 5. The zero-order valence-electron chi connectivity index (χ0n) is 11.5. The first-order valence-corrected chi connectivity index (χ1v) is 6.70. The predicted octanol–water partition coefficient (Wildman–Crippen LogP) is 1.46. The largest absolute Gasteiger partial charge is 0.472 e. The molecule has 6 heteroatoms. The third-order valence-corrected chi connectivity index (χ3v) is 3.32. The molecule has 2 rings (SSSR count). The standard InChI is InChI=1S/C14H19NO5/c1-18-13(16)4-6-15(9-12-3-2-7-20-12)14(17)11-5-8-19-10-11/h5,8,10,12H,2-4,6-7,9H2,1H3. The number of methoxy groups -OCH3 is 1. The van der Waals surface area contributed by atoms with E-state index in [9.17, 15) is 9.59 Å². The fourth-order valence-electron chi connectivity index (χ4n) is 2.21. The van der Waals surface area contributed by atoms with Gasteiger partial charge in [0.25, 0.3) is 5.91 Å². The van der Waals surface area contributed by atoms with Crippen molar-refractivity contribution in [1.29, 1.82) is 0 Å². The number of hydrogen-bond donors (Lipinski definition) is 0. The Labute approximate surface area is 117 Å². The van der Waals surface area contributed by atoms with E-state index in [4.69, 9.17) is 9.15 Å². The molecule has 0 radical (unpaired) electrons. The molecule has 2 heterocycles. The van der Waals surface area contributed by atoms with Crippen LogP contribution >= 0.6 is 0 Å². The van der Waals surface area contributed by atoms with Gasteiger partial charge in [-0.1, -0.05) is 0 Å². The third-order valence-electron chi connectivity index (χ3n) is 3.32. The van der Waals surface area contributed by atoms with Gasteiger partial charge in [-0.2, -0.15) is 0 Å². The van der Waals surface area contributed by atoms with Gasteiger partial charge in [0.2, 0.25) is 0 Å². The first-order chi connectivity index (χ1) is 9.70.